The van der Waals surface area contributed by atoms with Crippen molar-refractivity contribution in [1.82, 2.24) is 0 Å². The van der Waals surface area contributed by atoms with Gasteiger partial charge in [0, 0.05) is 0 Å². The molecule has 0 unspecified atom stereocenters. The van der Waals surface area contributed by atoms with Crippen LogP contribution in [0, 0.1) is 6.42 Å². The number of carbonyl (C=O) groups is 1. The Balaban J connectivity index is 0. The van der Waals surface area contributed by atoms with Crippen molar-refractivity contribution >= 4 is 5.78 Å². The summed E-state index contributed by atoms with van der Waals surface area (Å²) >= 11 is 0. The first-order valence-corrected chi connectivity index (χ1v) is 2.36. The lowest BCUT2D eigenvalue weighted by atomic mass is 10.6. The molecule has 0 rings (SSSR count). The van der Waals surface area contributed by atoms with E-state index in [0.717, 1.165) is 0 Å². The SMILES string of the molecule is CC(C)=O.C[CH]C. The van der Waals surface area contributed by atoms with Crippen molar-refractivity contribution in [3.63, 3.8) is 0 Å². The molecule has 0 fully saturated rings. The topological polar surface area (TPSA) is 17.1 Å². The first-order chi connectivity index (χ1) is 3.15. The van der Waals surface area contributed by atoms with Crippen molar-refractivity contribution in [3.05, 3.63) is 6.42 Å². The molecule has 0 aliphatic rings. The Morgan fingerprint density at radius 2 is 1.29 bits per heavy atom. The molecule has 0 spiro atoms. The molecule has 0 aromatic carbocycles. The van der Waals surface area contributed by atoms with E-state index in [2.05, 4.69) is 0 Å². The Morgan fingerprint density at radius 3 is 1.29 bits per heavy atom. The molecule has 1 heteroatoms. The summed E-state index contributed by atoms with van der Waals surface area (Å²) in [6, 6.07) is 0. The molecule has 0 aromatic heterocycles. The van der Waals surface area contributed by atoms with Gasteiger partial charge in [0.15, 0.2) is 0 Å². The molecular formula is C6H13O. The smallest absolute Gasteiger partial charge is 0.126 e. The molecule has 0 atom stereocenters. The first-order valence-electron chi connectivity index (χ1n) is 2.36. The molecule has 0 heterocycles. The molecule has 0 amide bonds. The van der Waals surface area contributed by atoms with Crippen LogP contribution in [-0.4, -0.2) is 5.78 Å². The predicted octanol–water partition coefficient (Wildman–Crippen LogP) is 1.83. The van der Waals surface area contributed by atoms with Gasteiger partial charge in [0.2, 0.25) is 0 Å². The highest BCUT2D eigenvalue weighted by Crippen LogP contribution is 1.53. The quantitative estimate of drug-likeness (QED) is 0.455. The van der Waals surface area contributed by atoms with Crippen molar-refractivity contribution < 1.29 is 4.79 Å². The van der Waals surface area contributed by atoms with Gasteiger partial charge in [-0.05, 0) is 20.3 Å². The van der Waals surface area contributed by atoms with E-state index in [4.69, 9.17) is 0 Å². The van der Waals surface area contributed by atoms with E-state index in [0.29, 0.717) is 0 Å². The summed E-state index contributed by atoms with van der Waals surface area (Å²) in [6.07, 6.45) is 2.00. The molecule has 0 aliphatic carbocycles. The molecule has 43 valence electrons. The highest BCUT2D eigenvalue weighted by Gasteiger charge is 1.62. The number of carbonyl (C=O) groups excluding carboxylic acids is 1. The van der Waals surface area contributed by atoms with Gasteiger partial charge in [0.05, 0.1) is 0 Å². The molecule has 0 aromatic rings. The average molecular weight is 101 g/mol. The minimum atomic E-state index is 0.167. The summed E-state index contributed by atoms with van der Waals surface area (Å²) in [5, 5.41) is 0. The van der Waals surface area contributed by atoms with E-state index >= 15 is 0 Å². The van der Waals surface area contributed by atoms with Gasteiger partial charge >= 0.3 is 0 Å². The van der Waals surface area contributed by atoms with Crippen LogP contribution in [0.25, 0.3) is 0 Å². The van der Waals surface area contributed by atoms with Gasteiger partial charge in [-0.15, -0.1) is 0 Å². The van der Waals surface area contributed by atoms with Crippen molar-refractivity contribution in [1.29, 1.82) is 0 Å². The van der Waals surface area contributed by atoms with Crippen molar-refractivity contribution in [2.24, 2.45) is 0 Å². The Kier molecular flexibility index (Phi) is 12.9. The fourth-order valence-electron chi connectivity index (χ4n) is 0. The molecule has 0 N–H and O–H groups in total. The standard InChI is InChI=1S/C3H6O.C3H7/c1-3(2)4;1-3-2/h1-2H3;3H,1-2H3. The molecule has 0 bridgehead atoms. The fourth-order valence-corrected chi connectivity index (χ4v) is 0. The van der Waals surface area contributed by atoms with E-state index in [9.17, 15) is 4.79 Å². The summed E-state index contributed by atoms with van der Waals surface area (Å²) in [6.45, 7) is 7.06. The van der Waals surface area contributed by atoms with Crippen molar-refractivity contribution in [2.75, 3.05) is 0 Å². The minimum Gasteiger partial charge on any atom is -0.300 e. The number of hydrogen-bond acceptors (Lipinski definition) is 1. The van der Waals surface area contributed by atoms with Crippen LogP contribution in [0.5, 0.6) is 0 Å². The molecule has 7 heavy (non-hydrogen) atoms. The average Bonchev–Trinajstić information content (AvgIpc) is 1.33. The minimum absolute atomic E-state index is 0.167. The van der Waals surface area contributed by atoms with Crippen LogP contribution in [0.1, 0.15) is 27.7 Å². The number of ketones is 1. The lowest BCUT2D eigenvalue weighted by Gasteiger charge is -1.56. The van der Waals surface area contributed by atoms with Gasteiger partial charge in [0.25, 0.3) is 0 Å². The Bertz CT molecular complexity index is 35.4. The second kappa shape index (κ2) is 9.18. The van der Waals surface area contributed by atoms with Crippen LogP contribution in [-0.2, 0) is 4.79 Å². The first kappa shape index (κ1) is 9.83. The summed E-state index contributed by atoms with van der Waals surface area (Å²) < 4.78 is 0. The largest absolute Gasteiger partial charge is 0.300 e. The van der Waals surface area contributed by atoms with Gasteiger partial charge in [-0.1, -0.05) is 13.8 Å². The van der Waals surface area contributed by atoms with Crippen molar-refractivity contribution in [3.8, 4) is 0 Å². The summed E-state index contributed by atoms with van der Waals surface area (Å²) in [5.74, 6) is 0.167. The van der Waals surface area contributed by atoms with Crippen LogP contribution in [0.4, 0.5) is 0 Å². The monoisotopic (exact) mass is 101 g/mol. The van der Waals surface area contributed by atoms with Crippen molar-refractivity contribution in [2.45, 2.75) is 27.7 Å². The van der Waals surface area contributed by atoms with E-state index < -0.39 is 0 Å². The van der Waals surface area contributed by atoms with E-state index in [1.165, 1.54) is 13.8 Å². The highest BCUT2D eigenvalue weighted by atomic mass is 16.1. The molecule has 0 saturated carbocycles. The second-order valence-corrected chi connectivity index (χ2v) is 1.49. The maximum absolute atomic E-state index is 9.44. The second-order valence-electron chi connectivity index (χ2n) is 1.49. The molecule has 1 nitrogen and oxygen atoms in total. The summed E-state index contributed by atoms with van der Waals surface area (Å²) in [4.78, 5) is 9.44. The lowest BCUT2D eigenvalue weighted by Crippen LogP contribution is -1.69. The van der Waals surface area contributed by atoms with Gasteiger partial charge < -0.3 is 4.79 Å². The zero-order valence-electron chi connectivity index (χ0n) is 5.49. The highest BCUT2D eigenvalue weighted by molar-refractivity contribution is 5.72. The van der Waals surface area contributed by atoms with Gasteiger partial charge in [0.1, 0.15) is 5.78 Å². The Hall–Kier alpha value is -0.330. The zero-order valence-corrected chi connectivity index (χ0v) is 5.49. The maximum atomic E-state index is 9.44. The van der Waals surface area contributed by atoms with Crippen LogP contribution in [0.15, 0.2) is 0 Å². The number of Topliss-reactive ketones (excluding diaryl/α,β-unsaturated/α-hetero) is 1. The van der Waals surface area contributed by atoms with E-state index in [1.807, 2.05) is 20.3 Å². The van der Waals surface area contributed by atoms with Crippen LogP contribution in [0.3, 0.4) is 0 Å². The van der Waals surface area contributed by atoms with Crippen LogP contribution in [0.2, 0.25) is 0 Å². The molecule has 0 saturated heterocycles. The fraction of sp³-hybridized carbons (Fsp3) is 0.667. The third-order valence-corrected chi connectivity index (χ3v) is 0. The molecule has 0 aliphatic heterocycles. The van der Waals surface area contributed by atoms with E-state index in [-0.39, 0.29) is 5.78 Å². The zero-order chi connectivity index (χ0) is 6.28. The normalized spacial score (nSPS) is 6.29. The number of rotatable bonds is 0. The lowest BCUT2D eigenvalue weighted by molar-refractivity contribution is -0.114. The van der Waals surface area contributed by atoms with Gasteiger partial charge in [-0.25, -0.2) is 0 Å². The summed E-state index contributed by atoms with van der Waals surface area (Å²) in [7, 11) is 0. The van der Waals surface area contributed by atoms with E-state index in [1.54, 1.807) is 0 Å². The molecule has 1 radical (unpaired) electrons. The van der Waals surface area contributed by atoms with Crippen LogP contribution < -0.4 is 0 Å². The predicted molar refractivity (Wildman–Crippen MR) is 32.0 cm³/mol. The van der Waals surface area contributed by atoms with Gasteiger partial charge in [-0.2, -0.15) is 0 Å². The molecular weight excluding hydrogens is 88.1 g/mol. The van der Waals surface area contributed by atoms with Crippen LogP contribution >= 0.6 is 0 Å². The third-order valence-electron chi connectivity index (χ3n) is 0. The Labute approximate surface area is 45.7 Å². The van der Waals surface area contributed by atoms with Gasteiger partial charge in [-0.3, -0.25) is 0 Å². The summed E-state index contributed by atoms with van der Waals surface area (Å²) in [5.41, 5.74) is 0. The maximum Gasteiger partial charge on any atom is 0.126 e. The number of hydrogen-bond donors (Lipinski definition) is 0. The Morgan fingerprint density at radius 1 is 1.29 bits per heavy atom. The third kappa shape index (κ3) is 701.